The Bertz CT molecular complexity index is 503. The van der Waals surface area contributed by atoms with E-state index in [1.165, 1.54) is 12.1 Å². The van der Waals surface area contributed by atoms with Crippen LogP contribution in [0.3, 0.4) is 0 Å². The lowest BCUT2D eigenvalue weighted by molar-refractivity contribution is -0.151. The standard InChI is InChI=1S/C14H18ClNO4/c1-9-4-6-14(7-5-9,13(18)19)8-16-12(17)10-2-3-11(15)20-10/h2-3,9H,4-8H2,1H3,(H,16,17)(H,18,19). The van der Waals surface area contributed by atoms with E-state index in [0.29, 0.717) is 18.8 Å². The molecule has 20 heavy (non-hydrogen) atoms. The van der Waals surface area contributed by atoms with E-state index in [9.17, 15) is 14.7 Å². The molecule has 0 atom stereocenters. The lowest BCUT2D eigenvalue weighted by Crippen LogP contribution is -2.45. The average molecular weight is 300 g/mol. The van der Waals surface area contributed by atoms with Crippen molar-refractivity contribution in [2.45, 2.75) is 32.6 Å². The van der Waals surface area contributed by atoms with Crippen LogP contribution in [0.1, 0.15) is 43.2 Å². The molecular formula is C14H18ClNO4. The molecule has 110 valence electrons. The van der Waals surface area contributed by atoms with Crippen LogP contribution in [0.15, 0.2) is 16.5 Å². The normalized spacial score (nSPS) is 26.2. The van der Waals surface area contributed by atoms with Gasteiger partial charge in [-0.2, -0.15) is 0 Å². The third kappa shape index (κ3) is 3.15. The molecule has 1 aliphatic carbocycles. The highest BCUT2D eigenvalue weighted by molar-refractivity contribution is 6.29. The van der Waals surface area contributed by atoms with Crippen LogP contribution >= 0.6 is 11.6 Å². The molecule has 1 aliphatic rings. The number of aliphatic carboxylic acids is 1. The van der Waals surface area contributed by atoms with Crippen molar-refractivity contribution in [3.05, 3.63) is 23.1 Å². The largest absolute Gasteiger partial charge is 0.481 e. The molecule has 1 saturated carbocycles. The zero-order valence-corrected chi connectivity index (χ0v) is 12.1. The number of furan rings is 1. The van der Waals surface area contributed by atoms with Crippen LogP contribution < -0.4 is 5.32 Å². The summed E-state index contributed by atoms with van der Waals surface area (Å²) >= 11 is 5.61. The van der Waals surface area contributed by atoms with E-state index < -0.39 is 17.3 Å². The van der Waals surface area contributed by atoms with E-state index in [1.54, 1.807) is 0 Å². The van der Waals surface area contributed by atoms with Crippen LogP contribution in [0.4, 0.5) is 0 Å². The van der Waals surface area contributed by atoms with Crippen LogP contribution in [0.2, 0.25) is 5.22 Å². The van der Waals surface area contributed by atoms with Gasteiger partial charge in [0.25, 0.3) is 5.91 Å². The van der Waals surface area contributed by atoms with Gasteiger partial charge in [-0.15, -0.1) is 0 Å². The predicted molar refractivity (Wildman–Crippen MR) is 73.8 cm³/mol. The third-order valence-electron chi connectivity index (χ3n) is 4.07. The first kappa shape index (κ1) is 14.9. The van der Waals surface area contributed by atoms with E-state index >= 15 is 0 Å². The fourth-order valence-corrected chi connectivity index (χ4v) is 2.70. The zero-order chi connectivity index (χ0) is 14.8. The summed E-state index contributed by atoms with van der Waals surface area (Å²) in [6.45, 7) is 2.24. The van der Waals surface area contributed by atoms with Crippen molar-refractivity contribution in [1.82, 2.24) is 5.32 Å². The maximum Gasteiger partial charge on any atom is 0.311 e. The van der Waals surface area contributed by atoms with Gasteiger partial charge in [-0.3, -0.25) is 9.59 Å². The fraction of sp³-hybridized carbons (Fsp3) is 0.571. The highest BCUT2D eigenvalue weighted by atomic mass is 35.5. The minimum Gasteiger partial charge on any atom is -0.481 e. The van der Waals surface area contributed by atoms with Crippen LogP contribution in [0.25, 0.3) is 0 Å². The number of hydrogen-bond acceptors (Lipinski definition) is 3. The predicted octanol–water partition coefficient (Wildman–Crippen LogP) is 2.94. The van der Waals surface area contributed by atoms with Gasteiger partial charge in [0.2, 0.25) is 0 Å². The lowest BCUT2D eigenvalue weighted by Gasteiger charge is -2.35. The van der Waals surface area contributed by atoms with E-state index in [1.807, 2.05) is 0 Å². The van der Waals surface area contributed by atoms with Crippen LogP contribution in [-0.4, -0.2) is 23.5 Å². The Morgan fingerprint density at radius 1 is 1.45 bits per heavy atom. The highest BCUT2D eigenvalue weighted by Crippen LogP contribution is 2.38. The molecule has 1 aromatic heterocycles. The smallest absolute Gasteiger partial charge is 0.311 e. The summed E-state index contributed by atoms with van der Waals surface area (Å²) in [4.78, 5) is 23.4. The molecule has 6 heteroatoms. The Kier molecular flexibility index (Phi) is 4.38. The Morgan fingerprint density at radius 2 is 2.10 bits per heavy atom. The molecule has 0 bridgehead atoms. The number of carboxylic acids is 1. The topological polar surface area (TPSA) is 79.5 Å². The van der Waals surface area contributed by atoms with Gasteiger partial charge in [0.05, 0.1) is 5.41 Å². The second-order valence-corrected chi connectivity index (χ2v) is 5.93. The monoisotopic (exact) mass is 299 g/mol. The first-order valence-corrected chi connectivity index (χ1v) is 7.08. The Labute approximate surface area is 122 Å². The van der Waals surface area contributed by atoms with Crippen LogP contribution in [0, 0.1) is 11.3 Å². The molecule has 1 aromatic rings. The molecule has 1 fully saturated rings. The van der Waals surface area contributed by atoms with Crippen molar-refractivity contribution >= 4 is 23.5 Å². The maximum absolute atomic E-state index is 11.9. The van der Waals surface area contributed by atoms with Crippen molar-refractivity contribution in [2.75, 3.05) is 6.54 Å². The molecule has 2 rings (SSSR count). The Morgan fingerprint density at radius 3 is 2.60 bits per heavy atom. The molecule has 1 amide bonds. The molecule has 0 saturated heterocycles. The number of halogens is 1. The minimum atomic E-state index is -0.863. The third-order valence-corrected chi connectivity index (χ3v) is 4.27. The molecule has 0 unspecified atom stereocenters. The number of amides is 1. The lowest BCUT2D eigenvalue weighted by atomic mass is 9.71. The van der Waals surface area contributed by atoms with Crippen molar-refractivity contribution in [3.63, 3.8) is 0 Å². The molecule has 0 aromatic carbocycles. The number of nitrogens with one attached hydrogen (secondary N) is 1. The van der Waals surface area contributed by atoms with Gasteiger partial charge in [0.15, 0.2) is 11.0 Å². The van der Waals surface area contributed by atoms with Crippen LogP contribution in [-0.2, 0) is 4.79 Å². The van der Waals surface area contributed by atoms with Crippen molar-refractivity contribution < 1.29 is 19.1 Å². The second kappa shape index (κ2) is 5.87. The summed E-state index contributed by atoms with van der Waals surface area (Å²) in [6.07, 6.45) is 2.91. The summed E-state index contributed by atoms with van der Waals surface area (Å²) in [5, 5.41) is 12.2. The minimum absolute atomic E-state index is 0.0970. The van der Waals surface area contributed by atoms with Gasteiger partial charge in [-0.1, -0.05) is 6.92 Å². The molecule has 5 nitrogen and oxygen atoms in total. The number of carbonyl (C=O) groups is 2. The molecule has 0 spiro atoms. The molecule has 0 radical (unpaired) electrons. The van der Waals surface area contributed by atoms with Gasteiger partial charge in [0, 0.05) is 6.54 Å². The van der Waals surface area contributed by atoms with E-state index in [4.69, 9.17) is 16.0 Å². The van der Waals surface area contributed by atoms with Gasteiger partial charge in [0.1, 0.15) is 0 Å². The van der Waals surface area contributed by atoms with E-state index in [0.717, 1.165) is 12.8 Å². The van der Waals surface area contributed by atoms with Gasteiger partial charge in [-0.25, -0.2) is 0 Å². The first-order valence-electron chi connectivity index (χ1n) is 6.70. The summed E-state index contributed by atoms with van der Waals surface area (Å²) in [7, 11) is 0. The van der Waals surface area contributed by atoms with Gasteiger partial charge < -0.3 is 14.8 Å². The van der Waals surface area contributed by atoms with Crippen molar-refractivity contribution in [2.24, 2.45) is 11.3 Å². The van der Waals surface area contributed by atoms with Crippen molar-refractivity contribution in [1.29, 1.82) is 0 Å². The second-order valence-electron chi connectivity index (χ2n) is 5.55. The molecule has 0 aliphatic heterocycles. The summed E-state index contributed by atoms with van der Waals surface area (Å²) in [6, 6.07) is 2.94. The molecule has 1 heterocycles. The number of carbonyl (C=O) groups excluding carboxylic acids is 1. The van der Waals surface area contributed by atoms with E-state index in [-0.39, 0.29) is 17.5 Å². The van der Waals surface area contributed by atoms with Gasteiger partial charge in [-0.05, 0) is 55.3 Å². The SMILES string of the molecule is CC1CCC(CNC(=O)c2ccc(Cl)o2)(C(=O)O)CC1. The quantitative estimate of drug-likeness (QED) is 0.896. The number of hydrogen-bond donors (Lipinski definition) is 2. The van der Waals surface area contributed by atoms with Gasteiger partial charge >= 0.3 is 5.97 Å². The highest BCUT2D eigenvalue weighted by Gasteiger charge is 2.41. The fourth-order valence-electron chi connectivity index (χ4n) is 2.55. The van der Waals surface area contributed by atoms with Crippen LogP contribution in [0.5, 0.6) is 0 Å². The summed E-state index contributed by atoms with van der Waals surface area (Å²) < 4.78 is 5.00. The Hall–Kier alpha value is -1.49. The average Bonchev–Trinajstić information content (AvgIpc) is 2.84. The zero-order valence-electron chi connectivity index (χ0n) is 11.3. The Balaban J connectivity index is 1.99. The maximum atomic E-state index is 11.9. The first-order chi connectivity index (χ1) is 9.43. The summed E-state index contributed by atoms with van der Waals surface area (Å²) in [5.74, 6) is -0.639. The summed E-state index contributed by atoms with van der Waals surface area (Å²) in [5.41, 5.74) is -0.863. The number of carboxylic acid groups (broad SMARTS) is 1. The molecular weight excluding hydrogens is 282 g/mol. The van der Waals surface area contributed by atoms with Crippen molar-refractivity contribution in [3.8, 4) is 0 Å². The van der Waals surface area contributed by atoms with E-state index in [2.05, 4.69) is 12.2 Å². The number of rotatable bonds is 4. The molecule has 2 N–H and O–H groups in total.